The highest BCUT2D eigenvalue weighted by Gasteiger charge is 2.24. The molecule has 0 aliphatic carbocycles. The smallest absolute Gasteiger partial charge is 0.272 e. The molecule has 1 fully saturated rings. The van der Waals surface area contributed by atoms with Crippen LogP contribution >= 0.6 is 0 Å². The number of hydrogen-bond donors (Lipinski definition) is 2. The lowest BCUT2D eigenvalue weighted by Gasteiger charge is -2.12. The van der Waals surface area contributed by atoms with Crippen LogP contribution in [-0.2, 0) is 28.9 Å². The lowest BCUT2D eigenvalue weighted by Crippen LogP contribution is -2.27. The molecule has 24 heavy (non-hydrogen) atoms. The van der Waals surface area contributed by atoms with E-state index in [2.05, 4.69) is 25.7 Å². The van der Waals surface area contributed by atoms with Crippen LogP contribution in [0.15, 0.2) is 4.52 Å². The molecule has 0 unspecified atom stereocenters. The Morgan fingerprint density at radius 3 is 3.21 bits per heavy atom. The molecule has 1 atom stereocenters. The molecular weight excluding hydrogens is 314 g/mol. The number of aromatic nitrogens is 4. The molecule has 128 valence electrons. The third-order valence-electron chi connectivity index (χ3n) is 4.23. The van der Waals surface area contributed by atoms with E-state index in [1.807, 2.05) is 0 Å². The Kier molecular flexibility index (Phi) is 4.26. The Labute approximate surface area is 138 Å². The van der Waals surface area contributed by atoms with Gasteiger partial charge in [-0.2, -0.15) is 10.1 Å². The van der Waals surface area contributed by atoms with Gasteiger partial charge in [0.15, 0.2) is 11.5 Å². The van der Waals surface area contributed by atoms with E-state index in [1.54, 1.807) is 0 Å². The second-order valence-electron chi connectivity index (χ2n) is 5.89. The topological polar surface area (TPSA) is 115 Å². The van der Waals surface area contributed by atoms with Crippen molar-refractivity contribution in [3.8, 4) is 0 Å². The highest BCUT2D eigenvalue weighted by atomic mass is 16.5. The molecule has 9 heteroatoms. The summed E-state index contributed by atoms with van der Waals surface area (Å²) in [6.07, 6.45) is 3.08. The fraction of sp³-hybridized carbons (Fsp3) is 0.600. The number of amides is 1. The molecule has 1 saturated heterocycles. The van der Waals surface area contributed by atoms with Crippen molar-refractivity contribution in [1.29, 1.82) is 0 Å². The van der Waals surface area contributed by atoms with Crippen molar-refractivity contribution in [2.45, 2.75) is 38.4 Å². The largest absolute Gasteiger partial charge is 0.376 e. The van der Waals surface area contributed by atoms with Crippen LogP contribution in [0.1, 0.15) is 52.4 Å². The van der Waals surface area contributed by atoms with Gasteiger partial charge in [0.25, 0.3) is 11.8 Å². The number of hydrogen-bond acceptors (Lipinski definition) is 7. The Morgan fingerprint density at radius 1 is 1.38 bits per heavy atom. The number of nitrogens with zero attached hydrogens (tertiary/aromatic N) is 3. The number of ether oxygens (including phenoxy) is 2. The van der Waals surface area contributed by atoms with Crippen LogP contribution in [0.5, 0.6) is 0 Å². The first-order valence-electron chi connectivity index (χ1n) is 8.17. The maximum atomic E-state index is 12.2. The second-order valence-corrected chi connectivity index (χ2v) is 5.89. The third-order valence-corrected chi connectivity index (χ3v) is 4.23. The molecule has 4 rings (SSSR count). The van der Waals surface area contributed by atoms with Crippen molar-refractivity contribution < 1.29 is 18.8 Å². The van der Waals surface area contributed by atoms with E-state index < -0.39 is 0 Å². The van der Waals surface area contributed by atoms with Crippen LogP contribution in [0.25, 0.3) is 0 Å². The van der Waals surface area contributed by atoms with Crippen molar-refractivity contribution in [3.05, 3.63) is 28.7 Å². The monoisotopic (exact) mass is 333 g/mol. The molecule has 4 heterocycles. The van der Waals surface area contributed by atoms with Gasteiger partial charge in [-0.3, -0.25) is 9.89 Å². The zero-order valence-electron chi connectivity index (χ0n) is 13.2. The standard InChI is InChI=1S/C15H19N5O4/c21-14(13-9-8-22-7-4-10(9)18-19-13)16-5-3-12-17-15(24-20-12)11-2-1-6-23-11/h11H,1-8H2,(H,16,21)(H,18,19)/t11-/m0/s1. The van der Waals surface area contributed by atoms with Gasteiger partial charge in [-0.15, -0.1) is 0 Å². The molecule has 0 spiro atoms. The van der Waals surface area contributed by atoms with Gasteiger partial charge in [-0.25, -0.2) is 0 Å². The Morgan fingerprint density at radius 2 is 2.33 bits per heavy atom. The number of carbonyl (C=O) groups is 1. The highest BCUT2D eigenvalue weighted by Crippen LogP contribution is 2.26. The lowest BCUT2D eigenvalue weighted by atomic mass is 10.1. The van der Waals surface area contributed by atoms with E-state index in [4.69, 9.17) is 14.0 Å². The van der Waals surface area contributed by atoms with E-state index in [0.29, 0.717) is 43.6 Å². The van der Waals surface area contributed by atoms with Crippen LogP contribution < -0.4 is 5.32 Å². The summed E-state index contributed by atoms with van der Waals surface area (Å²) in [5.74, 6) is 0.862. The molecule has 0 bridgehead atoms. The highest BCUT2D eigenvalue weighted by molar-refractivity contribution is 5.93. The summed E-state index contributed by atoms with van der Waals surface area (Å²) in [4.78, 5) is 16.6. The average Bonchev–Trinajstić information content (AvgIpc) is 3.34. The number of H-pyrrole nitrogens is 1. The summed E-state index contributed by atoms with van der Waals surface area (Å²) in [5, 5.41) is 13.8. The zero-order valence-corrected chi connectivity index (χ0v) is 13.2. The number of carbonyl (C=O) groups excluding carboxylic acids is 1. The molecule has 2 N–H and O–H groups in total. The predicted octanol–water partition coefficient (Wildman–Crippen LogP) is 0.689. The van der Waals surface area contributed by atoms with Gasteiger partial charge in [0.2, 0.25) is 0 Å². The van der Waals surface area contributed by atoms with Crippen molar-refractivity contribution in [1.82, 2.24) is 25.7 Å². The van der Waals surface area contributed by atoms with E-state index in [1.165, 1.54) is 0 Å². The normalized spacial score (nSPS) is 20.1. The minimum Gasteiger partial charge on any atom is -0.376 e. The predicted molar refractivity (Wildman–Crippen MR) is 80.2 cm³/mol. The number of aromatic amines is 1. The molecule has 2 aromatic heterocycles. The van der Waals surface area contributed by atoms with E-state index in [-0.39, 0.29) is 12.0 Å². The number of fused-ring (bicyclic) bond motifs is 1. The molecule has 1 amide bonds. The maximum Gasteiger partial charge on any atom is 0.272 e. The van der Waals surface area contributed by atoms with Crippen LogP contribution in [0, 0.1) is 0 Å². The molecule has 0 saturated carbocycles. The zero-order chi connectivity index (χ0) is 16.4. The molecular formula is C15H19N5O4. The van der Waals surface area contributed by atoms with Crippen molar-refractivity contribution >= 4 is 5.91 Å². The van der Waals surface area contributed by atoms with Gasteiger partial charge in [0, 0.05) is 37.3 Å². The molecule has 2 aliphatic heterocycles. The molecule has 2 aliphatic rings. The number of nitrogens with one attached hydrogen (secondary N) is 2. The maximum absolute atomic E-state index is 12.2. The lowest BCUT2D eigenvalue weighted by molar-refractivity contribution is 0.0835. The minimum atomic E-state index is -0.221. The Bertz CT molecular complexity index is 719. The van der Waals surface area contributed by atoms with Gasteiger partial charge in [-0.05, 0) is 12.8 Å². The fourth-order valence-electron chi connectivity index (χ4n) is 2.94. The van der Waals surface area contributed by atoms with Gasteiger partial charge >= 0.3 is 0 Å². The first-order chi connectivity index (χ1) is 11.8. The summed E-state index contributed by atoms with van der Waals surface area (Å²) in [6.45, 7) is 2.22. The van der Waals surface area contributed by atoms with E-state index in [9.17, 15) is 4.79 Å². The molecule has 9 nitrogen and oxygen atoms in total. The van der Waals surface area contributed by atoms with Gasteiger partial charge in [0.1, 0.15) is 6.10 Å². The first kappa shape index (κ1) is 15.3. The van der Waals surface area contributed by atoms with Crippen LogP contribution in [-0.4, -0.2) is 46.0 Å². The van der Waals surface area contributed by atoms with Crippen LogP contribution in [0.2, 0.25) is 0 Å². The van der Waals surface area contributed by atoms with Crippen LogP contribution in [0.4, 0.5) is 0 Å². The quantitative estimate of drug-likeness (QED) is 0.827. The average molecular weight is 333 g/mol. The third kappa shape index (κ3) is 3.04. The van der Waals surface area contributed by atoms with E-state index in [0.717, 1.165) is 37.1 Å². The molecule has 0 radical (unpaired) electrons. The summed E-state index contributed by atoms with van der Waals surface area (Å²) >= 11 is 0. The summed E-state index contributed by atoms with van der Waals surface area (Å²) in [7, 11) is 0. The van der Waals surface area contributed by atoms with Gasteiger partial charge in [0.05, 0.1) is 13.2 Å². The van der Waals surface area contributed by atoms with Gasteiger partial charge < -0.3 is 19.3 Å². The Hall–Kier alpha value is -2.26. The fourth-order valence-corrected chi connectivity index (χ4v) is 2.94. The summed E-state index contributed by atoms with van der Waals surface area (Å²) < 4.78 is 16.1. The van der Waals surface area contributed by atoms with Crippen molar-refractivity contribution in [3.63, 3.8) is 0 Å². The van der Waals surface area contributed by atoms with Gasteiger partial charge in [-0.1, -0.05) is 5.16 Å². The second kappa shape index (κ2) is 6.70. The summed E-state index contributed by atoms with van der Waals surface area (Å²) in [5.41, 5.74) is 2.22. The van der Waals surface area contributed by atoms with E-state index >= 15 is 0 Å². The summed E-state index contributed by atoms with van der Waals surface area (Å²) in [6, 6.07) is 0. The SMILES string of the molecule is O=C(NCCc1noc([C@@H]2CCCO2)n1)c1n[nH]c2c1COCC2. The Balaban J connectivity index is 1.31. The number of rotatable bonds is 5. The molecule has 0 aromatic carbocycles. The van der Waals surface area contributed by atoms with Crippen molar-refractivity contribution in [2.75, 3.05) is 19.8 Å². The van der Waals surface area contributed by atoms with Crippen LogP contribution in [0.3, 0.4) is 0 Å². The first-order valence-corrected chi connectivity index (χ1v) is 8.17. The van der Waals surface area contributed by atoms with Crippen molar-refractivity contribution in [2.24, 2.45) is 0 Å². The molecule has 2 aromatic rings. The minimum absolute atomic E-state index is 0.0866.